The summed E-state index contributed by atoms with van der Waals surface area (Å²) in [4.78, 5) is 0. The lowest BCUT2D eigenvalue weighted by molar-refractivity contribution is -0.259. The van der Waals surface area contributed by atoms with Gasteiger partial charge in [-0.3, -0.25) is 0 Å². The molecule has 2 rings (SSSR count). The normalized spacial score (nSPS) is 24.6. The van der Waals surface area contributed by atoms with Crippen molar-refractivity contribution in [1.29, 1.82) is 0 Å². The molecule has 0 amide bonds. The lowest BCUT2D eigenvalue weighted by Gasteiger charge is -2.39. The Morgan fingerprint density at radius 1 is 0.767 bits per heavy atom. The van der Waals surface area contributed by atoms with E-state index in [0.29, 0.717) is 18.1 Å². The molecule has 3 nitrogen and oxygen atoms in total. The molecule has 0 N–H and O–H groups in total. The molecule has 2 fully saturated rings. The summed E-state index contributed by atoms with van der Waals surface area (Å²) >= 11 is 0. The van der Waals surface area contributed by atoms with Crippen LogP contribution in [0.3, 0.4) is 0 Å². The average Bonchev–Trinajstić information content (AvgIpc) is 3.52. The SMILES string of the molecule is CCCCCCCCC(CCC1CCC2OC2C1)C(C)(OCCCC)OCCCC. The lowest BCUT2D eigenvalue weighted by atomic mass is 9.81. The van der Waals surface area contributed by atoms with E-state index >= 15 is 0 Å². The van der Waals surface area contributed by atoms with Crippen LogP contribution in [0.15, 0.2) is 0 Å². The Bertz CT molecular complexity index is 414. The van der Waals surface area contributed by atoms with Crippen LogP contribution in [0.2, 0.25) is 0 Å². The van der Waals surface area contributed by atoms with Gasteiger partial charge in [0.05, 0.1) is 25.4 Å². The van der Waals surface area contributed by atoms with Gasteiger partial charge >= 0.3 is 0 Å². The highest BCUT2D eigenvalue weighted by molar-refractivity contribution is 4.92. The Balaban J connectivity index is 1.90. The fraction of sp³-hybridized carbons (Fsp3) is 1.00. The van der Waals surface area contributed by atoms with Gasteiger partial charge in [-0.25, -0.2) is 0 Å². The third-order valence-corrected chi connectivity index (χ3v) is 7.46. The highest BCUT2D eigenvalue weighted by Gasteiger charge is 2.44. The van der Waals surface area contributed by atoms with Crippen molar-refractivity contribution in [1.82, 2.24) is 0 Å². The smallest absolute Gasteiger partial charge is 0.168 e. The molecule has 0 aromatic rings. The van der Waals surface area contributed by atoms with Gasteiger partial charge in [0, 0.05) is 5.92 Å². The largest absolute Gasteiger partial charge is 0.370 e. The molecular formula is C27H52O3. The minimum absolute atomic E-state index is 0.416. The van der Waals surface area contributed by atoms with Crippen LogP contribution in [0.25, 0.3) is 0 Å². The van der Waals surface area contributed by atoms with Crippen molar-refractivity contribution < 1.29 is 14.2 Å². The van der Waals surface area contributed by atoms with Crippen LogP contribution >= 0.6 is 0 Å². The summed E-state index contributed by atoms with van der Waals surface area (Å²) in [5, 5.41) is 0. The van der Waals surface area contributed by atoms with E-state index in [9.17, 15) is 0 Å². The molecule has 0 spiro atoms. The van der Waals surface area contributed by atoms with Crippen LogP contribution in [-0.4, -0.2) is 31.2 Å². The highest BCUT2D eigenvalue weighted by atomic mass is 16.7. The maximum absolute atomic E-state index is 6.50. The van der Waals surface area contributed by atoms with Crippen molar-refractivity contribution in [2.24, 2.45) is 11.8 Å². The summed E-state index contributed by atoms with van der Waals surface area (Å²) in [6.45, 7) is 10.7. The number of epoxide rings is 1. The molecule has 1 aliphatic heterocycles. The van der Waals surface area contributed by atoms with E-state index in [4.69, 9.17) is 14.2 Å². The Morgan fingerprint density at radius 3 is 2.03 bits per heavy atom. The standard InChI is InChI=1S/C27H52O3/c1-5-8-11-12-13-14-15-24(18-16-23-17-19-25-26(22-23)30-25)27(4,28-20-9-6-2)29-21-10-7-3/h23-26H,5-22H2,1-4H3. The zero-order chi connectivity index (χ0) is 21.7. The number of ether oxygens (including phenoxy) is 3. The summed E-state index contributed by atoms with van der Waals surface area (Å²) < 4.78 is 18.8. The molecule has 0 radical (unpaired) electrons. The third kappa shape index (κ3) is 9.57. The molecule has 1 saturated carbocycles. The Labute approximate surface area is 188 Å². The maximum Gasteiger partial charge on any atom is 0.168 e. The summed E-state index contributed by atoms with van der Waals surface area (Å²) in [6.07, 6.45) is 21.7. The number of fused-ring (bicyclic) bond motifs is 1. The van der Waals surface area contributed by atoms with Crippen LogP contribution in [0.1, 0.15) is 130 Å². The predicted octanol–water partition coefficient (Wildman–Crippen LogP) is 8.05. The van der Waals surface area contributed by atoms with E-state index in [-0.39, 0.29) is 0 Å². The van der Waals surface area contributed by atoms with Gasteiger partial charge in [0.15, 0.2) is 5.79 Å². The lowest BCUT2D eigenvalue weighted by Crippen LogP contribution is -2.42. The van der Waals surface area contributed by atoms with E-state index < -0.39 is 5.79 Å². The summed E-state index contributed by atoms with van der Waals surface area (Å²) in [7, 11) is 0. The fourth-order valence-electron chi connectivity index (χ4n) is 5.14. The first kappa shape index (κ1) is 26.1. The van der Waals surface area contributed by atoms with E-state index in [2.05, 4.69) is 27.7 Å². The first-order valence-corrected chi connectivity index (χ1v) is 13.6. The third-order valence-electron chi connectivity index (χ3n) is 7.46. The van der Waals surface area contributed by atoms with Gasteiger partial charge in [-0.2, -0.15) is 0 Å². The summed E-state index contributed by atoms with van der Waals surface area (Å²) in [6, 6.07) is 0. The molecule has 4 unspecified atom stereocenters. The van der Waals surface area contributed by atoms with Gasteiger partial charge in [-0.15, -0.1) is 0 Å². The maximum atomic E-state index is 6.50. The topological polar surface area (TPSA) is 31.0 Å². The van der Waals surface area contributed by atoms with E-state index in [1.54, 1.807) is 0 Å². The Morgan fingerprint density at radius 2 is 1.40 bits per heavy atom. The summed E-state index contributed by atoms with van der Waals surface area (Å²) in [5.41, 5.74) is 0. The molecule has 2 aliphatic rings. The van der Waals surface area contributed by atoms with Crippen LogP contribution in [0.4, 0.5) is 0 Å². The fourth-order valence-corrected chi connectivity index (χ4v) is 5.14. The molecule has 0 aromatic carbocycles. The molecule has 0 bridgehead atoms. The quantitative estimate of drug-likeness (QED) is 0.119. The van der Waals surface area contributed by atoms with Crippen molar-refractivity contribution in [2.45, 2.75) is 148 Å². The zero-order valence-electron chi connectivity index (χ0n) is 20.8. The summed E-state index contributed by atoms with van der Waals surface area (Å²) in [5.74, 6) is 0.938. The van der Waals surface area contributed by atoms with Gasteiger partial charge in [0.25, 0.3) is 0 Å². The number of unbranched alkanes of at least 4 members (excludes halogenated alkanes) is 7. The number of hydrogen-bond donors (Lipinski definition) is 0. The molecule has 178 valence electrons. The second-order valence-corrected chi connectivity index (χ2v) is 10.1. The van der Waals surface area contributed by atoms with Gasteiger partial charge in [-0.1, -0.05) is 72.1 Å². The minimum atomic E-state index is -0.416. The van der Waals surface area contributed by atoms with Gasteiger partial charge in [0.1, 0.15) is 0 Å². The first-order valence-electron chi connectivity index (χ1n) is 13.6. The van der Waals surface area contributed by atoms with Crippen molar-refractivity contribution in [3.8, 4) is 0 Å². The van der Waals surface area contributed by atoms with Crippen molar-refractivity contribution >= 4 is 0 Å². The van der Waals surface area contributed by atoms with Gasteiger partial charge in [0.2, 0.25) is 0 Å². The van der Waals surface area contributed by atoms with Gasteiger partial charge < -0.3 is 14.2 Å². The zero-order valence-corrected chi connectivity index (χ0v) is 20.8. The predicted molar refractivity (Wildman–Crippen MR) is 127 cm³/mol. The van der Waals surface area contributed by atoms with Crippen LogP contribution in [-0.2, 0) is 14.2 Å². The van der Waals surface area contributed by atoms with E-state index in [1.807, 2.05) is 0 Å². The van der Waals surface area contributed by atoms with Crippen LogP contribution in [0.5, 0.6) is 0 Å². The Hall–Kier alpha value is -0.120. The highest BCUT2D eigenvalue weighted by Crippen LogP contribution is 2.42. The Kier molecular flexibility index (Phi) is 12.9. The number of rotatable bonds is 19. The molecule has 30 heavy (non-hydrogen) atoms. The molecule has 0 aromatic heterocycles. The molecule has 1 saturated heterocycles. The molecule has 4 atom stereocenters. The van der Waals surface area contributed by atoms with E-state index in [0.717, 1.165) is 32.0 Å². The van der Waals surface area contributed by atoms with Crippen LogP contribution in [0, 0.1) is 11.8 Å². The van der Waals surface area contributed by atoms with Crippen molar-refractivity contribution in [3.63, 3.8) is 0 Å². The average molecular weight is 425 g/mol. The van der Waals surface area contributed by atoms with E-state index in [1.165, 1.54) is 89.9 Å². The van der Waals surface area contributed by atoms with Crippen molar-refractivity contribution in [2.75, 3.05) is 13.2 Å². The second kappa shape index (κ2) is 14.9. The minimum Gasteiger partial charge on any atom is -0.370 e. The number of hydrogen-bond acceptors (Lipinski definition) is 3. The second-order valence-electron chi connectivity index (χ2n) is 10.1. The molecule has 3 heteroatoms. The first-order chi connectivity index (χ1) is 14.6. The monoisotopic (exact) mass is 424 g/mol. The van der Waals surface area contributed by atoms with Crippen LogP contribution < -0.4 is 0 Å². The molecular weight excluding hydrogens is 372 g/mol. The van der Waals surface area contributed by atoms with Gasteiger partial charge in [-0.05, 0) is 64.2 Å². The molecule has 1 aliphatic carbocycles. The molecule has 1 heterocycles. The van der Waals surface area contributed by atoms with Crippen molar-refractivity contribution in [3.05, 3.63) is 0 Å².